The van der Waals surface area contributed by atoms with Crippen LogP contribution in [0.1, 0.15) is 35.1 Å². The van der Waals surface area contributed by atoms with E-state index in [0.717, 1.165) is 35.1 Å². The Morgan fingerprint density at radius 2 is 0.942 bits per heavy atom. The molecule has 10 nitrogen and oxygen atoms in total. The zero-order valence-corrected chi connectivity index (χ0v) is 28.6. The number of carbonyl (C=O) groups excluding carboxylic acids is 4. The number of likely N-dealkylation sites (tertiary alicyclic amines) is 2. The highest BCUT2D eigenvalue weighted by molar-refractivity contribution is 5.98. The second-order valence-corrected chi connectivity index (χ2v) is 14.1. The number of rotatable bonds is 10. The van der Waals surface area contributed by atoms with Crippen LogP contribution in [0.4, 0.5) is 21.0 Å². The Labute approximate surface area is 302 Å². The fourth-order valence-electron chi connectivity index (χ4n) is 7.56. The fourth-order valence-corrected chi connectivity index (χ4v) is 7.56. The van der Waals surface area contributed by atoms with Crippen LogP contribution in [0.15, 0.2) is 109 Å². The van der Waals surface area contributed by atoms with E-state index in [1.54, 1.807) is 9.80 Å². The van der Waals surface area contributed by atoms with Crippen molar-refractivity contribution in [3.05, 3.63) is 131 Å². The number of nitrogens with one attached hydrogen (secondary N) is 2. The molecule has 2 aliphatic carbocycles. The van der Waals surface area contributed by atoms with Gasteiger partial charge in [0.05, 0.1) is 0 Å². The maximum absolute atomic E-state index is 13.3. The Hall–Kier alpha value is -5.90. The summed E-state index contributed by atoms with van der Waals surface area (Å²) < 4.78 is 11.1. The Balaban J connectivity index is 0.820. The number of benzene rings is 4. The van der Waals surface area contributed by atoms with Crippen LogP contribution in [-0.4, -0.2) is 59.0 Å². The lowest BCUT2D eigenvalue weighted by Crippen LogP contribution is -2.46. The first-order valence-corrected chi connectivity index (χ1v) is 17.8. The minimum atomic E-state index is -0.537. The summed E-state index contributed by atoms with van der Waals surface area (Å²) in [4.78, 5) is 55.6. The van der Waals surface area contributed by atoms with E-state index in [2.05, 4.69) is 10.6 Å². The van der Waals surface area contributed by atoms with E-state index in [-0.39, 0.29) is 36.9 Å². The number of carbonyl (C=O) groups is 4. The predicted molar refractivity (Wildman–Crippen MR) is 197 cm³/mol. The molecule has 0 bridgehead atoms. The van der Waals surface area contributed by atoms with Crippen LogP contribution < -0.4 is 10.6 Å². The standard InChI is InChI=1S/C42H40N4O6/c47-39(37-35-21-31(35)23-45(37)41(49)51-25-29-7-3-1-4-8-29)43-33-17-13-27(14-18-33)11-12-28-15-19-34(20-16-28)44-40(48)38-36-22-32(36)24-46(38)42(50)52-26-30-9-5-2-6-10-30/h1-20,31-32,35-38H,21-26H2,(H,43,47)(H,44,48)/b12-11+/t31?,32?,35?,36?,37-,38-/m0/s1. The summed E-state index contributed by atoms with van der Waals surface area (Å²) in [6.07, 6.45) is 4.93. The predicted octanol–water partition coefficient (Wildman–Crippen LogP) is 7.05. The van der Waals surface area contributed by atoms with Crippen molar-refractivity contribution >= 4 is 47.5 Å². The average molecular weight is 697 g/mol. The van der Waals surface area contributed by atoms with Crippen LogP contribution in [0.2, 0.25) is 0 Å². The van der Waals surface area contributed by atoms with E-state index in [9.17, 15) is 19.2 Å². The molecule has 2 saturated carbocycles. The third kappa shape index (κ3) is 7.42. The first kappa shape index (κ1) is 33.3. The van der Waals surface area contributed by atoms with E-state index < -0.39 is 24.3 Å². The molecule has 4 aromatic rings. The maximum atomic E-state index is 13.3. The van der Waals surface area contributed by atoms with Gasteiger partial charge in [-0.2, -0.15) is 0 Å². The van der Waals surface area contributed by atoms with Crippen molar-refractivity contribution in [1.29, 1.82) is 0 Å². The third-order valence-electron chi connectivity index (χ3n) is 10.5. The van der Waals surface area contributed by atoms with Crippen LogP contribution >= 0.6 is 0 Å². The number of anilines is 2. The lowest BCUT2D eigenvalue weighted by atomic mass is 10.1. The summed E-state index contributed by atoms with van der Waals surface area (Å²) in [5.74, 6) is 0.644. The van der Waals surface area contributed by atoms with Crippen molar-refractivity contribution in [1.82, 2.24) is 9.80 Å². The van der Waals surface area contributed by atoms with Gasteiger partial charge in [0, 0.05) is 24.5 Å². The van der Waals surface area contributed by atoms with Crippen LogP contribution in [0.5, 0.6) is 0 Å². The maximum Gasteiger partial charge on any atom is 0.410 e. The molecule has 2 N–H and O–H groups in total. The molecule has 4 fully saturated rings. The molecule has 52 heavy (non-hydrogen) atoms. The average Bonchev–Trinajstić information content (AvgIpc) is 4.05. The number of piperidine rings is 2. The van der Waals surface area contributed by atoms with Gasteiger partial charge in [-0.05, 0) is 83.0 Å². The molecule has 4 amide bonds. The van der Waals surface area contributed by atoms with E-state index in [0.29, 0.717) is 36.3 Å². The number of hydrogen-bond donors (Lipinski definition) is 2. The number of fused-ring (bicyclic) bond motifs is 2. The monoisotopic (exact) mass is 696 g/mol. The molecule has 264 valence electrons. The molecule has 10 heteroatoms. The molecule has 4 unspecified atom stereocenters. The molecule has 6 atom stereocenters. The van der Waals surface area contributed by atoms with Crippen molar-refractivity contribution in [3.63, 3.8) is 0 Å². The van der Waals surface area contributed by atoms with Gasteiger partial charge in [-0.25, -0.2) is 9.59 Å². The van der Waals surface area contributed by atoms with Crippen molar-refractivity contribution in [2.24, 2.45) is 23.7 Å². The molecule has 2 heterocycles. The van der Waals surface area contributed by atoms with Crippen LogP contribution in [0.3, 0.4) is 0 Å². The summed E-state index contributed by atoms with van der Waals surface area (Å²) in [7, 11) is 0. The SMILES string of the molecule is O=C(Nc1ccc(/C=C/c2ccc(NC(=O)[C@@H]3C4CC4CN3C(=O)OCc3ccccc3)cc2)cc1)[C@@H]1C2CC2CN1C(=O)OCc1ccccc1. The van der Waals surface area contributed by atoms with Crippen LogP contribution in [0.25, 0.3) is 12.2 Å². The largest absolute Gasteiger partial charge is 0.445 e. The summed E-state index contributed by atoms with van der Waals surface area (Å²) in [6.45, 7) is 1.43. The van der Waals surface area contributed by atoms with Gasteiger partial charge in [0.2, 0.25) is 11.8 Å². The van der Waals surface area contributed by atoms with Crippen molar-refractivity contribution < 1.29 is 28.7 Å². The number of nitrogens with zero attached hydrogens (tertiary/aromatic N) is 2. The highest BCUT2D eigenvalue weighted by Crippen LogP contribution is 2.51. The van der Waals surface area contributed by atoms with Gasteiger partial charge in [-0.1, -0.05) is 97.1 Å². The molecular formula is C42H40N4O6. The topological polar surface area (TPSA) is 117 Å². The summed E-state index contributed by atoms with van der Waals surface area (Å²) in [6, 6.07) is 33.0. The number of amides is 4. The van der Waals surface area contributed by atoms with Crippen molar-refractivity contribution in [2.45, 2.75) is 38.1 Å². The number of hydrogen-bond acceptors (Lipinski definition) is 6. The molecular weight excluding hydrogens is 656 g/mol. The zero-order valence-electron chi connectivity index (χ0n) is 28.6. The molecule has 4 aromatic carbocycles. The molecule has 0 spiro atoms. The molecule has 8 rings (SSSR count). The van der Waals surface area contributed by atoms with Gasteiger partial charge in [-0.15, -0.1) is 0 Å². The lowest BCUT2D eigenvalue weighted by Gasteiger charge is -2.26. The Bertz CT molecular complexity index is 1820. The van der Waals surface area contributed by atoms with E-state index >= 15 is 0 Å². The minimum Gasteiger partial charge on any atom is -0.445 e. The van der Waals surface area contributed by atoms with Gasteiger partial charge in [0.25, 0.3) is 0 Å². The molecule has 2 aliphatic heterocycles. The molecule has 4 aliphatic rings. The smallest absolute Gasteiger partial charge is 0.410 e. The Morgan fingerprint density at radius 3 is 1.33 bits per heavy atom. The normalized spacial score (nSPS) is 23.8. The summed E-state index contributed by atoms with van der Waals surface area (Å²) >= 11 is 0. The first-order valence-electron chi connectivity index (χ1n) is 17.8. The van der Waals surface area contributed by atoms with E-state index in [1.807, 2.05) is 121 Å². The third-order valence-corrected chi connectivity index (χ3v) is 10.5. The van der Waals surface area contributed by atoms with Gasteiger partial charge in [0.15, 0.2) is 0 Å². The summed E-state index contributed by atoms with van der Waals surface area (Å²) in [5, 5.41) is 5.99. The Kier molecular flexibility index (Phi) is 9.20. The van der Waals surface area contributed by atoms with Crippen molar-refractivity contribution in [2.75, 3.05) is 23.7 Å². The lowest BCUT2D eigenvalue weighted by molar-refractivity contribution is -0.121. The quantitative estimate of drug-likeness (QED) is 0.172. The van der Waals surface area contributed by atoms with Crippen LogP contribution in [-0.2, 0) is 32.3 Å². The minimum absolute atomic E-state index is 0.170. The molecule has 0 aromatic heterocycles. The van der Waals surface area contributed by atoms with Crippen molar-refractivity contribution in [3.8, 4) is 0 Å². The summed E-state index contributed by atoms with van der Waals surface area (Å²) in [5.41, 5.74) is 5.02. The second-order valence-electron chi connectivity index (χ2n) is 14.1. The fraction of sp³-hybridized carbons (Fsp3) is 0.286. The first-order chi connectivity index (χ1) is 25.4. The Morgan fingerprint density at radius 1 is 0.558 bits per heavy atom. The molecule has 2 saturated heterocycles. The highest BCUT2D eigenvalue weighted by atomic mass is 16.6. The van der Waals surface area contributed by atoms with Gasteiger partial charge >= 0.3 is 12.2 Å². The zero-order chi connectivity index (χ0) is 35.6. The van der Waals surface area contributed by atoms with Gasteiger partial charge in [0.1, 0.15) is 25.3 Å². The second kappa shape index (κ2) is 14.4. The van der Waals surface area contributed by atoms with Gasteiger partial charge < -0.3 is 20.1 Å². The van der Waals surface area contributed by atoms with Gasteiger partial charge in [-0.3, -0.25) is 19.4 Å². The van der Waals surface area contributed by atoms with Crippen LogP contribution in [0, 0.1) is 23.7 Å². The highest BCUT2D eigenvalue weighted by Gasteiger charge is 2.58. The van der Waals surface area contributed by atoms with E-state index in [1.165, 1.54) is 0 Å². The van der Waals surface area contributed by atoms with E-state index in [4.69, 9.17) is 9.47 Å². The number of ether oxygens (including phenoxy) is 2. The molecule has 0 radical (unpaired) electrons.